The molecule has 0 aliphatic rings. The fourth-order valence-corrected chi connectivity index (χ4v) is 2.62. The van der Waals surface area contributed by atoms with Crippen molar-refractivity contribution in [3.63, 3.8) is 0 Å². The number of carbonyl (C=O) groups excluding carboxylic acids is 1. The summed E-state index contributed by atoms with van der Waals surface area (Å²) in [7, 11) is 0. The van der Waals surface area contributed by atoms with E-state index < -0.39 is 5.82 Å². The summed E-state index contributed by atoms with van der Waals surface area (Å²) in [6.07, 6.45) is 1.61. The van der Waals surface area contributed by atoms with E-state index in [2.05, 4.69) is 15.5 Å². The van der Waals surface area contributed by atoms with Crippen molar-refractivity contribution in [2.24, 2.45) is 0 Å². The SMILES string of the molecule is CC(C)n1cnnc1SCC(=O)Nc1cc(Cl)ccc1F. The van der Waals surface area contributed by atoms with Gasteiger partial charge in [-0.3, -0.25) is 4.79 Å². The number of rotatable bonds is 5. The second kappa shape index (κ2) is 6.91. The number of hydrogen-bond acceptors (Lipinski definition) is 4. The third kappa shape index (κ3) is 4.18. The Kier molecular flexibility index (Phi) is 5.19. The Morgan fingerprint density at radius 2 is 2.29 bits per heavy atom. The number of thioether (sulfide) groups is 1. The topological polar surface area (TPSA) is 59.8 Å². The number of carbonyl (C=O) groups is 1. The average Bonchev–Trinajstić information content (AvgIpc) is 2.89. The van der Waals surface area contributed by atoms with Crippen molar-refractivity contribution in [3.8, 4) is 0 Å². The molecule has 0 saturated heterocycles. The maximum Gasteiger partial charge on any atom is 0.234 e. The zero-order valence-corrected chi connectivity index (χ0v) is 13.1. The Morgan fingerprint density at radius 3 is 3.00 bits per heavy atom. The summed E-state index contributed by atoms with van der Waals surface area (Å²) < 4.78 is 15.4. The van der Waals surface area contributed by atoms with Gasteiger partial charge in [0.25, 0.3) is 0 Å². The van der Waals surface area contributed by atoms with Crippen LogP contribution in [0, 0.1) is 5.82 Å². The minimum atomic E-state index is -0.525. The Labute approximate surface area is 130 Å². The van der Waals surface area contributed by atoms with Crippen LogP contribution in [0.25, 0.3) is 0 Å². The van der Waals surface area contributed by atoms with E-state index in [9.17, 15) is 9.18 Å². The Morgan fingerprint density at radius 1 is 1.52 bits per heavy atom. The second-order valence-electron chi connectivity index (χ2n) is 4.58. The van der Waals surface area contributed by atoms with Gasteiger partial charge in [0.2, 0.25) is 5.91 Å². The summed E-state index contributed by atoms with van der Waals surface area (Å²) in [5.74, 6) is -0.750. The molecule has 1 aromatic heterocycles. The number of hydrogen-bond donors (Lipinski definition) is 1. The van der Waals surface area contributed by atoms with Crippen LogP contribution in [0.15, 0.2) is 29.7 Å². The first-order valence-corrected chi connectivity index (χ1v) is 7.61. The molecule has 0 unspecified atom stereocenters. The quantitative estimate of drug-likeness (QED) is 0.855. The molecule has 5 nitrogen and oxygen atoms in total. The molecule has 0 fully saturated rings. The third-order valence-electron chi connectivity index (χ3n) is 2.63. The predicted molar refractivity (Wildman–Crippen MR) is 81.2 cm³/mol. The minimum absolute atomic E-state index is 0.0680. The van der Waals surface area contributed by atoms with Crippen molar-refractivity contribution in [1.82, 2.24) is 14.8 Å². The van der Waals surface area contributed by atoms with Crippen molar-refractivity contribution in [1.29, 1.82) is 0 Å². The molecule has 2 aromatic rings. The van der Waals surface area contributed by atoms with Crippen LogP contribution in [0.2, 0.25) is 5.02 Å². The van der Waals surface area contributed by atoms with Gasteiger partial charge in [0, 0.05) is 11.1 Å². The number of halogens is 2. The lowest BCUT2D eigenvalue weighted by Gasteiger charge is -2.09. The van der Waals surface area contributed by atoms with E-state index >= 15 is 0 Å². The molecule has 1 amide bonds. The van der Waals surface area contributed by atoms with Crippen LogP contribution in [0.5, 0.6) is 0 Å². The first-order chi connectivity index (χ1) is 9.97. The van der Waals surface area contributed by atoms with E-state index in [1.54, 1.807) is 6.33 Å². The largest absolute Gasteiger partial charge is 0.323 e. The van der Waals surface area contributed by atoms with Crippen LogP contribution in [-0.4, -0.2) is 26.4 Å². The van der Waals surface area contributed by atoms with Crippen LogP contribution in [-0.2, 0) is 4.79 Å². The molecule has 2 rings (SSSR count). The molecule has 8 heteroatoms. The highest BCUT2D eigenvalue weighted by atomic mass is 35.5. The first-order valence-electron chi connectivity index (χ1n) is 6.24. The maximum absolute atomic E-state index is 13.5. The molecule has 0 aliphatic carbocycles. The summed E-state index contributed by atoms with van der Waals surface area (Å²) in [6.45, 7) is 3.99. The first kappa shape index (κ1) is 15.8. The molecule has 0 aliphatic heterocycles. The zero-order valence-electron chi connectivity index (χ0n) is 11.5. The Balaban J connectivity index is 1.96. The number of benzene rings is 1. The van der Waals surface area contributed by atoms with E-state index in [0.717, 1.165) is 0 Å². The number of aromatic nitrogens is 3. The van der Waals surface area contributed by atoms with Crippen molar-refractivity contribution in [2.45, 2.75) is 25.0 Å². The Bertz CT molecular complexity index is 647. The molecule has 0 atom stereocenters. The van der Waals surface area contributed by atoms with E-state index in [4.69, 9.17) is 11.6 Å². The van der Waals surface area contributed by atoms with Crippen molar-refractivity contribution < 1.29 is 9.18 Å². The predicted octanol–water partition coefficient (Wildman–Crippen LogP) is 3.38. The van der Waals surface area contributed by atoms with Gasteiger partial charge in [-0.15, -0.1) is 10.2 Å². The Hall–Kier alpha value is -1.60. The second-order valence-corrected chi connectivity index (χ2v) is 5.95. The van der Waals surface area contributed by atoms with E-state index in [1.165, 1.54) is 30.0 Å². The van der Waals surface area contributed by atoms with Gasteiger partial charge >= 0.3 is 0 Å². The molecule has 0 saturated carbocycles. The summed E-state index contributed by atoms with van der Waals surface area (Å²) in [5, 5.41) is 11.3. The van der Waals surface area contributed by atoms with Crippen molar-refractivity contribution in [3.05, 3.63) is 35.4 Å². The smallest absolute Gasteiger partial charge is 0.234 e. The van der Waals surface area contributed by atoms with E-state index in [-0.39, 0.29) is 23.4 Å². The third-order valence-corrected chi connectivity index (χ3v) is 3.82. The molecular weight excluding hydrogens is 315 g/mol. The molecule has 1 aromatic carbocycles. The summed E-state index contributed by atoms with van der Waals surface area (Å²) in [5.41, 5.74) is 0.0680. The van der Waals surface area contributed by atoms with E-state index in [1.807, 2.05) is 18.4 Å². The average molecular weight is 329 g/mol. The van der Waals surface area contributed by atoms with Gasteiger partial charge in [-0.25, -0.2) is 4.39 Å². The van der Waals surface area contributed by atoms with Gasteiger partial charge in [-0.05, 0) is 32.0 Å². The molecular formula is C13H14ClFN4OS. The van der Waals surface area contributed by atoms with Gasteiger partial charge in [0.1, 0.15) is 12.1 Å². The number of amides is 1. The molecule has 1 N–H and O–H groups in total. The highest BCUT2D eigenvalue weighted by Gasteiger charge is 2.12. The van der Waals surface area contributed by atoms with Crippen LogP contribution in [0.3, 0.4) is 0 Å². The molecule has 112 valence electrons. The monoisotopic (exact) mass is 328 g/mol. The standard InChI is InChI=1S/C13H14ClFN4OS/c1-8(2)19-7-16-18-13(19)21-6-12(20)17-11-5-9(14)3-4-10(11)15/h3-5,7-8H,6H2,1-2H3,(H,17,20). The van der Waals surface area contributed by atoms with Crippen molar-refractivity contribution >= 4 is 35.0 Å². The summed E-state index contributed by atoms with van der Waals surface area (Å²) >= 11 is 7.01. The number of nitrogens with one attached hydrogen (secondary N) is 1. The summed E-state index contributed by atoms with van der Waals surface area (Å²) in [4.78, 5) is 11.9. The fraction of sp³-hybridized carbons (Fsp3) is 0.308. The zero-order chi connectivity index (χ0) is 15.4. The minimum Gasteiger partial charge on any atom is -0.323 e. The van der Waals surface area contributed by atoms with E-state index in [0.29, 0.717) is 10.2 Å². The number of anilines is 1. The lowest BCUT2D eigenvalue weighted by molar-refractivity contribution is -0.113. The normalized spacial score (nSPS) is 10.9. The van der Waals surface area contributed by atoms with Crippen molar-refractivity contribution in [2.75, 3.05) is 11.1 Å². The molecule has 0 spiro atoms. The fourth-order valence-electron chi connectivity index (χ4n) is 1.60. The van der Waals surface area contributed by atoms with Gasteiger partial charge < -0.3 is 9.88 Å². The van der Waals surface area contributed by atoms with Crippen LogP contribution in [0.4, 0.5) is 10.1 Å². The van der Waals surface area contributed by atoms with Gasteiger partial charge in [-0.2, -0.15) is 0 Å². The highest BCUT2D eigenvalue weighted by Crippen LogP contribution is 2.21. The number of nitrogens with zero attached hydrogens (tertiary/aromatic N) is 3. The van der Waals surface area contributed by atoms with Gasteiger partial charge in [0.15, 0.2) is 5.16 Å². The molecule has 1 heterocycles. The van der Waals surface area contributed by atoms with Crippen LogP contribution >= 0.6 is 23.4 Å². The lowest BCUT2D eigenvalue weighted by atomic mass is 10.3. The van der Waals surface area contributed by atoms with Gasteiger partial charge in [0.05, 0.1) is 11.4 Å². The lowest BCUT2D eigenvalue weighted by Crippen LogP contribution is -2.15. The molecule has 0 bridgehead atoms. The molecule has 21 heavy (non-hydrogen) atoms. The van der Waals surface area contributed by atoms with Gasteiger partial charge in [-0.1, -0.05) is 23.4 Å². The van der Waals surface area contributed by atoms with Crippen LogP contribution in [0.1, 0.15) is 19.9 Å². The molecule has 0 radical (unpaired) electrons. The highest BCUT2D eigenvalue weighted by molar-refractivity contribution is 7.99. The summed E-state index contributed by atoms with van der Waals surface area (Å²) in [6, 6.07) is 4.21. The maximum atomic E-state index is 13.5. The van der Waals surface area contributed by atoms with Crippen LogP contribution < -0.4 is 5.32 Å².